The van der Waals surface area contributed by atoms with Crippen molar-refractivity contribution in [3.8, 4) is 16.8 Å². The predicted molar refractivity (Wildman–Crippen MR) is 140 cm³/mol. The van der Waals surface area contributed by atoms with E-state index in [1.54, 1.807) is 11.3 Å². The number of alkyl halides is 1. The standard InChI is InChI=1S/C26H22IN3OS/c1-26(2,3)24-15-32-25(29-24)23-10-18-8-17(5-7-22(18)31-23)13-30-14-19(12-28)20-9-16(11-27)4-6-21(20)30/h4-10,14-15H,11,13H2,1-3H3. The van der Waals surface area contributed by atoms with Gasteiger partial charge in [0.2, 0.25) is 0 Å². The first kappa shape index (κ1) is 21.2. The van der Waals surface area contributed by atoms with E-state index in [0.717, 1.165) is 48.3 Å². The van der Waals surface area contributed by atoms with Crippen LogP contribution in [0.5, 0.6) is 0 Å². The highest BCUT2D eigenvalue weighted by Gasteiger charge is 2.19. The minimum Gasteiger partial charge on any atom is -0.454 e. The zero-order valence-electron chi connectivity index (χ0n) is 18.1. The lowest BCUT2D eigenvalue weighted by molar-refractivity contribution is 0.571. The summed E-state index contributed by atoms with van der Waals surface area (Å²) in [7, 11) is 0. The summed E-state index contributed by atoms with van der Waals surface area (Å²) in [4.78, 5) is 4.79. The molecule has 6 heteroatoms. The normalized spacial score (nSPS) is 12.0. The number of furan rings is 1. The van der Waals surface area contributed by atoms with Crippen LogP contribution in [-0.4, -0.2) is 9.55 Å². The Kier molecular flexibility index (Phi) is 5.34. The van der Waals surface area contributed by atoms with Crippen molar-refractivity contribution in [2.45, 2.75) is 37.2 Å². The fourth-order valence-electron chi connectivity index (χ4n) is 3.87. The number of nitrogens with zero attached hydrogens (tertiary/aromatic N) is 3. The van der Waals surface area contributed by atoms with Gasteiger partial charge in [-0.05, 0) is 41.5 Å². The maximum Gasteiger partial charge on any atom is 0.164 e. The topological polar surface area (TPSA) is 54.8 Å². The van der Waals surface area contributed by atoms with Crippen molar-refractivity contribution in [3.05, 3.63) is 76.4 Å². The molecule has 2 aromatic carbocycles. The Morgan fingerprint density at radius 2 is 1.94 bits per heavy atom. The zero-order valence-corrected chi connectivity index (χ0v) is 21.1. The third kappa shape index (κ3) is 3.84. The largest absolute Gasteiger partial charge is 0.454 e. The molecular weight excluding hydrogens is 529 g/mol. The molecule has 0 N–H and O–H groups in total. The number of fused-ring (bicyclic) bond motifs is 2. The van der Waals surface area contributed by atoms with Crippen LogP contribution >= 0.6 is 33.9 Å². The van der Waals surface area contributed by atoms with Gasteiger partial charge >= 0.3 is 0 Å². The average molecular weight is 551 g/mol. The van der Waals surface area contributed by atoms with Gasteiger partial charge in [0.1, 0.15) is 11.7 Å². The van der Waals surface area contributed by atoms with Crippen LogP contribution in [0.3, 0.4) is 0 Å². The van der Waals surface area contributed by atoms with Crippen LogP contribution in [0.1, 0.15) is 43.2 Å². The van der Waals surface area contributed by atoms with E-state index in [1.807, 2.05) is 12.3 Å². The number of hydrogen-bond donors (Lipinski definition) is 0. The first-order valence-electron chi connectivity index (χ1n) is 10.4. The molecule has 0 bridgehead atoms. The van der Waals surface area contributed by atoms with Gasteiger partial charge in [0.05, 0.1) is 11.3 Å². The van der Waals surface area contributed by atoms with Gasteiger partial charge < -0.3 is 8.98 Å². The Balaban J connectivity index is 1.49. The SMILES string of the molecule is CC(C)(C)c1csc(-c2cc3cc(Cn4cc(C#N)c5cc(CI)ccc54)ccc3o2)n1. The first-order chi connectivity index (χ1) is 15.4. The van der Waals surface area contributed by atoms with E-state index in [2.05, 4.69) is 95.8 Å². The van der Waals surface area contributed by atoms with Gasteiger partial charge in [-0.2, -0.15) is 5.26 Å². The van der Waals surface area contributed by atoms with E-state index < -0.39 is 0 Å². The summed E-state index contributed by atoms with van der Waals surface area (Å²) in [5.74, 6) is 0.808. The molecule has 0 spiro atoms. The van der Waals surface area contributed by atoms with Gasteiger partial charge in [-0.25, -0.2) is 4.98 Å². The summed E-state index contributed by atoms with van der Waals surface area (Å²) in [6.07, 6.45) is 1.95. The van der Waals surface area contributed by atoms with E-state index >= 15 is 0 Å². The second-order valence-corrected chi connectivity index (χ2v) is 10.7. The number of halogens is 1. The average Bonchev–Trinajstić information content (AvgIpc) is 3.49. The van der Waals surface area contributed by atoms with E-state index in [4.69, 9.17) is 9.40 Å². The third-order valence-electron chi connectivity index (χ3n) is 5.64. The van der Waals surface area contributed by atoms with E-state index in [9.17, 15) is 5.26 Å². The number of rotatable bonds is 4. The van der Waals surface area contributed by atoms with Gasteiger partial charge in [0, 0.05) is 44.3 Å². The molecule has 0 saturated carbocycles. The second kappa shape index (κ2) is 8.05. The van der Waals surface area contributed by atoms with Crippen LogP contribution in [0.4, 0.5) is 0 Å². The molecule has 0 amide bonds. The molecule has 0 unspecified atom stereocenters. The van der Waals surface area contributed by atoms with Crippen molar-refractivity contribution in [2.24, 2.45) is 0 Å². The lowest BCUT2D eigenvalue weighted by Gasteiger charge is -2.13. The second-order valence-electron chi connectivity index (χ2n) is 9.04. The molecule has 160 valence electrons. The molecule has 0 aliphatic carbocycles. The minimum absolute atomic E-state index is 0.0211. The van der Waals surface area contributed by atoms with Gasteiger partial charge in [0.25, 0.3) is 0 Å². The molecule has 3 aromatic heterocycles. The number of nitriles is 1. The predicted octanol–water partition coefficient (Wildman–Crippen LogP) is 7.66. The highest BCUT2D eigenvalue weighted by molar-refractivity contribution is 14.1. The molecule has 0 radical (unpaired) electrons. The van der Waals surface area contributed by atoms with Gasteiger partial charge in [-0.1, -0.05) is 55.5 Å². The zero-order chi connectivity index (χ0) is 22.5. The molecule has 0 fully saturated rings. The minimum atomic E-state index is 0.0211. The van der Waals surface area contributed by atoms with Crippen LogP contribution in [0, 0.1) is 11.3 Å². The molecule has 32 heavy (non-hydrogen) atoms. The molecular formula is C26H22IN3OS. The molecule has 0 aliphatic heterocycles. The molecule has 0 atom stereocenters. The van der Waals surface area contributed by atoms with Crippen molar-refractivity contribution in [3.63, 3.8) is 0 Å². The number of aromatic nitrogens is 2. The Bertz CT molecular complexity index is 1490. The first-order valence-corrected chi connectivity index (χ1v) is 12.8. The van der Waals surface area contributed by atoms with Crippen LogP contribution in [0.25, 0.3) is 32.6 Å². The molecule has 0 aliphatic rings. The summed E-state index contributed by atoms with van der Waals surface area (Å²) in [6.45, 7) is 7.20. The Morgan fingerprint density at radius 3 is 2.66 bits per heavy atom. The quantitative estimate of drug-likeness (QED) is 0.170. The molecule has 5 rings (SSSR count). The highest BCUT2D eigenvalue weighted by Crippen LogP contribution is 2.34. The number of thiazole rings is 1. The molecule has 3 heterocycles. The summed E-state index contributed by atoms with van der Waals surface area (Å²) in [5.41, 5.74) is 6.16. The summed E-state index contributed by atoms with van der Waals surface area (Å²) in [5, 5.41) is 14.7. The van der Waals surface area contributed by atoms with Crippen molar-refractivity contribution < 1.29 is 4.42 Å². The molecule has 5 aromatic rings. The number of benzene rings is 2. The van der Waals surface area contributed by atoms with Crippen LogP contribution in [0.15, 0.2) is 58.5 Å². The fourth-order valence-corrected chi connectivity index (χ4v) is 5.34. The summed E-state index contributed by atoms with van der Waals surface area (Å²) >= 11 is 3.97. The third-order valence-corrected chi connectivity index (χ3v) is 7.37. The monoisotopic (exact) mass is 551 g/mol. The Labute approximate surface area is 204 Å². The fraction of sp³-hybridized carbons (Fsp3) is 0.231. The van der Waals surface area contributed by atoms with Crippen molar-refractivity contribution in [1.29, 1.82) is 5.26 Å². The Morgan fingerprint density at radius 1 is 1.12 bits per heavy atom. The van der Waals surface area contributed by atoms with Gasteiger partial charge in [0.15, 0.2) is 10.8 Å². The van der Waals surface area contributed by atoms with E-state index in [0.29, 0.717) is 6.54 Å². The van der Waals surface area contributed by atoms with E-state index in [1.165, 1.54) is 11.1 Å². The smallest absolute Gasteiger partial charge is 0.164 e. The summed E-state index contributed by atoms with van der Waals surface area (Å²) in [6, 6.07) is 17.1. The molecule has 0 saturated heterocycles. The molecule has 4 nitrogen and oxygen atoms in total. The van der Waals surface area contributed by atoms with Crippen LogP contribution in [0.2, 0.25) is 0 Å². The van der Waals surface area contributed by atoms with Crippen LogP contribution in [-0.2, 0) is 16.4 Å². The Hall–Kier alpha value is -2.63. The van der Waals surface area contributed by atoms with Crippen molar-refractivity contribution in [1.82, 2.24) is 9.55 Å². The van der Waals surface area contributed by atoms with Crippen LogP contribution < -0.4 is 0 Å². The highest BCUT2D eigenvalue weighted by atomic mass is 127. The van der Waals surface area contributed by atoms with Crippen molar-refractivity contribution >= 4 is 55.8 Å². The lowest BCUT2D eigenvalue weighted by atomic mass is 9.93. The van der Waals surface area contributed by atoms with Crippen molar-refractivity contribution in [2.75, 3.05) is 0 Å². The maximum atomic E-state index is 9.60. The summed E-state index contributed by atoms with van der Waals surface area (Å²) < 4.78 is 9.19. The van der Waals surface area contributed by atoms with Gasteiger partial charge in [-0.3, -0.25) is 0 Å². The van der Waals surface area contributed by atoms with Gasteiger partial charge in [-0.15, -0.1) is 11.3 Å². The number of hydrogen-bond acceptors (Lipinski definition) is 4. The maximum absolute atomic E-state index is 9.60. The van der Waals surface area contributed by atoms with E-state index in [-0.39, 0.29) is 5.41 Å². The lowest BCUT2D eigenvalue weighted by Crippen LogP contribution is -2.11.